The molecule has 0 aliphatic carbocycles. The summed E-state index contributed by atoms with van der Waals surface area (Å²) >= 11 is 5.91. The van der Waals surface area contributed by atoms with Crippen molar-refractivity contribution in [1.29, 1.82) is 0 Å². The van der Waals surface area contributed by atoms with Gasteiger partial charge in [-0.3, -0.25) is 4.79 Å². The zero-order valence-corrected chi connectivity index (χ0v) is 17.8. The summed E-state index contributed by atoms with van der Waals surface area (Å²) in [5.74, 6) is -0.112. The predicted octanol–water partition coefficient (Wildman–Crippen LogP) is 4.76. The van der Waals surface area contributed by atoms with E-state index in [0.29, 0.717) is 17.1 Å². The number of aryl methyl sites for hydroxylation is 2. The molecule has 4 aromatic rings. The van der Waals surface area contributed by atoms with E-state index in [1.807, 2.05) is 13.8 Å². The minimum absolute atomic E-state index is 0.119. The summed E-state index contributed by atoms with van der Waals surface area (Å²) in [5.41, 5.74) is 2.91. The van der Waals surface area contributed by atoms with Gasteiger partial charge in [-0.15, -0.1) is 0 Å². The number of halogens is 2. The van der Waals surface area contributed by atoms with Gasteiger partial charge in [0.2, 0.25) is 11.3 Å². The second kappa shape index (κ2) is 8.28. The molecule has 0 saturated carbocycles. The quantitative estimate of drug-likeness (QED) is 0.461. The lowest BCUT2D eigenvalue weighted by Gasteiger charge is -2.13. The van der Waals surface area contributed by atoms with Crippen molar-refractivity contribution in [3.05, 3.63) is 86.2 Å². The molecule has 3 heterocycles. The van der Waals surface area contributed by atoms with Crippen molar-refractivity contribution in [3.8, 4) is 11.6 Å². The monoisotopic (exact) mass is 436 g/mol. The maximum atomic E-state index is 14.7. The number of hydrogen-bond acceptors (Lipinski definition) is 5. The predicted molar refractivity (Wildman–Crippen MR) is 119 cm³/mol. The van der Waals surface area contributed by atoms with E-state index in [2.05, 4.69) is 15.1 Å². The van der Waals surface area contributed by atoms with E-state index in [4.69, 9.17) is 16.3 Å². The van der Waals surface area contributed by atoms with Crippen LogP contribution < -0.4 is 10.2 Å². The maximum Gasteiger partial charge on any atom is 0.233 e. The van der Waals surface area contributed by atoms with E-state index in [1.165, 1.54) is 23.9 Å². The molecule has 156 valence electrons. The van der Waals surface area contributed by atoms with Gasteiger partial charge >= 0.3 is 0 Å². The lowest BCUT2D eigenvalue weighted by molar-refractivity contribution is 0.398. The van der Waals surface area contributed by atoms with Crippen LogP contribution in [0.2, 0.25) is 5.02 Å². The van der Waals surface area contributed by atoms with Crippen LogP contribution in [-0.2, 0) is 0 Å². The zero-order chi connectivity index (χ0) is 22.1. The Morgan fingerprint density at radius 1 is 1.13 bits per heavy atom. The number of benzene rings is 1. The molecular formula is C23H18ClFN4O2. The third-order valence-corrected chi connectivity index (χ3v) is 5.10. The Hall–Kier alpha value is -3.58. The molecule has 1 aromatic carbocycles. The van der Waals surface area contributed by atoms with Crippen LogP contribution in [0.5, 0.6) is 5.88 Å². The Morgan fingerprint density at radius 3 is 2.68 bits per heavy atom. The van der Waals surface area contributed by atoms with Crippen LogP contribution in [-0.4, -0.2) is 26.9 Å². The Kier molecular flexibility index (Phi) is 5.52. The molecule has 0 spiro atoms. The van der Waals surface area contributed by atoms with Gasteiger partial charge in [0.15, 0.2) is 0 Å². The fourth-order valence-corrected chi connectivity index (χ4v) is 3.27. The van der Waals surface area contributed by atoms with Gasteiger partial charge in [-0.2, -0.15) is 5.10 Å². The summed E-state index contributed by atoms with van der Waals surface area (Å²) < 4.78 is 21.2. The van der Waals surface area contributed by atoms with Gasteiger partial charge in [-0.25, -0.2) is 19.0 Å². The van der Waals surface area contributed by atoms with E-state index in [-0.39, 0.29) is 27.3 Å². The first-order chi connectivity index (χ1) is 14.9. The Bertz CT molecular complexity index is 1400. The van der Waals surface area contributed by atoms with Crippen LogP contribution >= 0.6 is 11.6 Å². The first-order valence-corrected chi connectivity index (χ1v) is 9.80. The number of rotatable bonds is 4. The minimum Gasteiger partial charge on any atom is -0.481 e. The molecule has 0 aliphatic heterocycles. The Morgan fingerprint density at radius 2 is 1.94 bits per heavy atom. The van der Waals surface area contributed by atoms with Crippen LogP contribution in [0.25, 0.3) is 28.9 Å². The summed E-state index contributed by atoms with van der Waals surface area (Å²) in [6.07, 6.45) is 4.88. The van der Waals surface area contributed by atoms with Crippen LogP contribution in [0.15, 0.2) is 47.4 Å². The van der Waals surface area contributed by atoms with Crippen molar-refractivity contribution < 1.29 is 9.13 Å². The van der Waals surface area contributed by atoms with E-state index in [0.717, 1.165) is 11.1 Å². The first-order valence-electron chi connectivity index (χ1n) is 9.42. The molecule has 0 aliphatic rings. The first kappa shape index (κ1) is 20.7. The second-order valence-electron chi connectivity index (χ2n) is 6.95. The lowest BCUT2D eigenvalue weighted by atomic mass is 10.1. The van der Waals surface area contributed by atoms with Crippen molar-refractivity contribution in [1.82, 2.24) is 19.7 Å². The Labute approximate surface area is 182 Å². The number of pyridine rings is 2. The summed E-state index contributed by atoms with van der Waals surface area (Å²) in [7, 11) is 1.52. The van der Waals surface area contributed by atoms with E-state index < -0.39 is 5.82 Å². The highest BCUT2D eigenvalue weighted by molar-refractivity contribution is 6.30. The van der Waals surface area contributed by atoms with E-state index in [1.54, 1.807) is 42.6 Å². The van der Waals surface area contributed by atoms with Crippen molar-refractivity contribution in [2.75, 3.05) is 7.11 Å². The van der Waals surface area contributed by atoms with Crippen LogP contribution in [0.1, 0.15) is 22.5 Å². The molecule has 6 nitrogen and oxygen atoms in total. The second-order valence-corrected chi connectivity index (χ2v) is 7.38. The fraction of sp³-hybridized carbons (Fsp3) is 0.130. The fourth-order valence-electron chi connectivity index (χ4n) is 3.11. The van der Waals surface area contributed by atoms with Gasteiger partial charge in [0.25, 0.3) is 0 Å². The van der Waals surface area contributed by atoms with Gasteiger partial charge in [0.05, 0.1) is 12.6 Å². The molecule has 0 amide bonds. The molecule has 8 heteroatoms. The van der Waals surface area contributed by atoms with Gasteiger partial charge in [0.1, 0.15) is 22.7 Å². The van der Waals surface area contributed by atoms with Crippen LogP contribution in [0, 0.1) is 19.7 Å². The SMILES string of the molecule is COc1cc(/C=C/c2nn(-c3ccc(Cl)cc3F)c3cc(C)c(C)nc3c2=O)ccn1. The van der Waals surface area contributed by atoms with Crippen molar-refractivity contribution in [2.45, 2.75) is 13.8 Å². The number of ether oxygens (including phenoxy) is 1. The van der Waals surface area contributed by atoms with Crippen LogP contribution in [0.4, 0.5) is 4.39 Å². The molecule has 0 fully saturated rings. The number of aromatic nitrogens is 4. The molecule has 4 rings (SSSR count). The van der Waals surface area contributed by atoms with Gasteiger partial charge < -0.3 is 4.74 Å². The molecule has 0 unspecified atom stereocenters. The molecule has 0 atom stereocenters. The highest BCUT2D eigenvalue weighted by Gasteiger charge is 2.16. The lowest BCUT2D eigenvalue weighted by Crippen LogP contribution is -2.18. The third kappa shape index (κ3) is 4.04. The summed E-state index contributed by atoms with van der Waals surface area (Å²) in [4.78, 5) is 21.6. The van der Waals surface area contributed by atoms with Gasteiger partial charge in [-0.05, 0) is 61.4 Å². The molecule has 31 heavy (non-hydrogen) atoms. The van der Waals surface area contributed by atoms with Gasteiger partial charge in [-0.1, -0.05) is 17.7 Å². The number of methoxy groups -OCH3 is 1. The molecule has 0 bridgehead atoms. The van der Waals surface area contributed by atoms with Crippen LogP contribution in [0.3, 0.4) is 0 Å². The maximum absolute atomic E-state index is 14.7. The summed E-state index contributed by atoms with van der Waals surface area (Å²) in [6.45, 7) is 3.69. The minimum atomic E-state index is -0.558. The normalized spacial score (nSPS) is 11.4. The zero-order valence-electron chi connectivity index (χ0n) is 17.1. The summed E-state index contributed by atoms with van der Waals surface area (Å²) in [6, 6.07) is 9.56. The van der Waals surface area contributed by atoms with Crippen molar-refractivity contribution >= 4 is 34.8 Å². The molecule has 3 aromatic heterocycles. The topological polar surface area (TPSA) is 69.9 Å². The highest BCUT2D eigenvalue weighted by Crippen LogP contribution is 2.22. The average Bonchev–Trinajstić information content (AvgIpc) is 2.75. The molecular weight excluding hydrogens is 419 g/mol. The number of hydrogen-bond donors (Lipinski definition) is 0. The highest BCUT2D eigenvalue weighted by atomic mass is 35.5. The standard InChI is InChI=1S/C23H18ClFN4O2/c1-13-10-20-22(27-14(13)2)23(30)18(6-4-15-8-9-26-21(11-15)31-3)28-29(20)19-7-5-16(24)12-17(19)25/h4-12H,1-3H3/b6-4+. The largest absolute Gasteiger partial charge is 0.481 e. The molecule has 0 radical (unpaired) electrons. The van der Waals surface area contributed by atoms with Crippen molar-refractivity contribution in [3.63, 3.8) is 0 Å². The van der Waals surface area contributed by atoms with E-state index in [9.17, 15) is 9.18 Å². The van der Waals surface area contributed by atoms with E-state index >= 15 is 0 Å². The van der Waals surface area contributed by atoms with Crippen molar-refractivity contribution in [2.24, 2.45) is 0 Å². The average molecular weight is 437 g/mol. The van der Waals surface area contributed by atoms with Gasteiger partial charge in [0, 0.05) is 23.0 Å². The smallest absolute Gasteiger partial charge is 0.233 e. The number of nitrogens with zero attached hydrogens (tertiary/aromatic N) is 4. The molecule has 0 saturated heterocycles. The molecule has 0 N–H and O–H groups in total. The Balaban J connectivity index is 1.96. The third-order valence-electron chi connectivity index (χ3n) is 4.87. The summed E-state index contributed by atoms with van der Waals surface area (Å²) in [5, 5.41) is 4.70. The number of fused-ring (bicyclic) bond motifs is 1.